The van der Waals surface area contributed by atoms with E-state index in [4.69, 9.17) is 4.74 Å². The SMILES string of the molecule is Cc1cc2nccc(Oc3ccc(O)cc3F)c2cc1C. The van der Waals surface area contributed by atoms with E-state index in [0.717, 1.165) is 28.1 Å². The summed E-state index contributed by atoms with van der Waals surface area (Å²) in [6.45, 7) is 4.02. The second kappa shape index (κ2) is 5.05. The third-order valence-electron chi connectivity index (χ3n) is 3.45. The molecule has 21 heavy (non-hydrogen) atoms. The number of halogens is 1. The molecule has 0 aliphatic rings. The van der Waals surface area contributed by atoms with Crippen molar-refractivity contribution in [2.45, 2.75) is 13.8 Å². The Balaban J connectivity index is 2.10. The van der Waals surface area contributed by atoms with E-state index in [1.165, 1.54) is 12.1 Å². The smallest absolute Gasteiger partial charge is 0.169 e. The number of benzene rings is 2. The number of phenols is 1. The first kappa shape index (κ1) is 13.4. The van der Waals surface area contributed by atoms with E-state index < -0.39 is 5.82 Å². The number of hydrogen-bond acceptors (Lipinski definition) is 3. The average Bonchev–Trinajstić information content (AvgIpc) is 2.44. The van der Waals surface area contributed by atoms with Crippen LogP contribution in [0.5, 0.6) is 17.2 Å². The van der Waals surface area contributed by atoms with Crippen LogP contribution in [0.2, 0.25) is 0 Å². The molecule has 1 heterocycles. The predicted octanol–water partition coefficient (Wildman–Crippen LogP) is 4.49. The predicted molar refractivity (Wildman–Crippen MR) is 79.4 cm³/mol. The second-order valence-corrected chi connectivity index (χ2v) is 4.98. The van der Waals surface area contributed by atoms with Gasteiger partial charge in [0.2, 0.25) is 0 Å². The minimum absolute atomic E-state index is 0.0681. The van der Waals surface area contributed by atoms with E-state index in [2.05, 4.69) is 4.98 Å². The van der Waals surface area contributed by atoms with E-state index in [9.17, 15) is 9.50 Å². The van der Waals surface area contributed by atoms with Crippen LogP contribution in [0.15, 0.2) is 42.6 Å². The fraction of sp³-hybridized carbons (Fsp3) is 0.118. The van der Waals surface area contributed by atoms with Crippen molar-refractivity contribution in [2.75, 3.05) is 0 Å². The Labute approximate surface area is 121 Å². The van der Waals surface area contributed by atoms with Gasteiger partial charge in [-0.25, -0.2) is 4.39 Å². The van der Waals surface area contributed by atoms with Crippen LogP contribution in [0.25, 0.3) is 10.9 Å². The summed E-state index contributed by atoms with van der Waals surface area (Å²) in [7, 11) is 0. The number of ether oxygens (including phenoxy) is 1. The molecule has 2 aromatic carbocycles. The topological polar surface area (TPSA) is 42.4 Å². The van der Waals surface area contributed by atoms with Crippen LogP contribution in [0, 0.1) is 19.7 Å². The fourth-order valence-corrected chi connectivity index (χ4v) is 2.16. The summed E-state index contributed by atoms with van der Waals surface area (Å²) < 4.78 is 19.4. The number of aryl methyl sites for hydroxylation is 2. The van der Waals surface area contributed by atoms with Gasteiger partial charge in [-0.3, -0.25) is 4.98 Å². The second-order valence-electron chi connectivity index (χ2n) is 4.98. The molecule has 4 heteroatoms. The Kier molecular flexibility index (Phi) is 3.22. The summed E-state index contributed by atoms with van der Waals surface area (Å²) >= 11 is 0. The zero-order valence-electron chi connectivity index (χ0n) is 11.7. The minimum Gasteiger partial charge on any atom is -0.508 e. The molecule has 3 aromatic rings. The average molecular weight is 283 g/mol. The number of rotatable bonds is 2. The number of pyridine rings is 1. The van der Waals surface area contributed by atoms with Crippen LogP contribution in [0.1, 0.15) is 11.1 Å². The first-order valence-corrected chi connectivity index (χ1v) is 6.57. The lowest BCUT2D eigenvalue weighted by molar-refractivity contribution is 0.432. The van der Waals surface area contributed by atoms with Crippen molar-refractivity contribution in [2.24, 2.45) is 0 Å². The first-order chi connectivity index (χ1) is 10.0. The lowest BCUT2D eigenvalue weighted by Crippen LogP contribution is -1.92. The summed E-state index contributed by atoms with van der Waals surface area (Å²) in [5.74, 6) is -0.138. The van der Waals surface area contributed by atoms with Gasteiger partial charge in [0.05, 0.1) is 5.52 Å². The molecule has 3 nitrogen and oxygen atoms in total. The molecule has 3 rings (SSSR count). The Bertz CT molecular complexity index is 830. The minimum atomic E-state index is -0.608. The molecule has 0 fully saturated rings. The molecule has 0 radical (unpaired) electrons. The molecule has 0 aliphatic heterocycles. The zero-order chi connectivity index (χ0) is 15.0. The van der Waals surface area contributed by atoms with Gasteiger partial charge in [-0.15, -0.1) is 0 Å². The normalized spacial score (nSPS) is 10.8. The van der Waals surface area contributed by atoms with Crippen LogP contribution in [-0.4, -0.2) is 10.1 Å². The number of aromatic hydroxyl groups is 1. The molecule has 0 saturated carbocycles. The molecule has 0 bridgehead atoms. The number of fused-ring (bicyclic) bond motifs is 1. The van der Waals surface area contributed by atoms with Crippen molar-refractivity contribution in [1.82, 2.24) is 4.98 Å². The van der Waals surface area contributed by atoms with Crippen molar-refractivity contribution in [3.8, 4) is 17.2 Å². The lowest BCUT2D eigenvalue weighted by Gasteiger charge is -2.11. The van der Waals surface area contributed by atoms with Crippen molar-refractivity contribution in [3.05, 3.63) is 59.5 Å². The van der Waals surface area contributed by atoms with E-state index >= 15 is 0 Å². The van der Waals surface area contributed by atoms with Gasteiger partial charge in [-0.2, -0.15) is 0 Å². The van der Waals surface area contributed by atoms with Gasteiger partial charge < -0.3 is 9.84 Å². The fourth-order valence-electron chi connectivity index (χ4n) is 2.16. The molecule has 106 valence electrons. The number of nitrogens with zero attached hydrogens (tertiary/aromatic N) is 1. The third kappa shape index (κ3) is 2.52. The van der Waals surface area contributed by atoms with Crippen LogP contribution in [-0.2, 0) is 0 Å². The van der Waals surface area contributed by atoms with Gasteiger partial charge in [-0.05, 0) is 55.3 Å². The maximum Gasteiger partial charge on any atom is 0.169 e. The Morgan fingerprint density at radius 2 is 1.76 bits per heavy atom. The molecule has 1 N–H and O–H groups in total. The van der Waals surface area contributed by atoms with E-state index in [1.807, 2.05) is 26.0 Å². The van der Waals surface area contributed by atoms with Gasteiger partial charge in [-0.1, -0.05) is 0 Å². The Morgan fingerprint density at radius 3 is 2.52 bits per heavy atom. The summed E-state index contributed by atoms with van der Waals surface area (Å²) in [5.41, 5.74) is 3.06. The van der Waals surface area contributed by atoms with Gasteiger partial charge >= 0.3 is 0 Å². The monoisotopic (exact) mass is 283 g/mol. The standard InChI is InChI=1S/C17H14FNO2/c1-10-7-13-15(8-11(10)2)19-6-5-16(13)21-17-4-3-12(20)9-14(17)18/h3-9,20H,1-2H3. The quantitative estimate of drug-likeness (QED) is 0.753. The van der Waals surface area contributed by atoms with Gasteiger partial charge in [0, 0.05) is 17.6 Å². The van der Waals surface area contributed by atoms with E-state index in [0.29, 0.717) is 5.75 Å². The maximum atomic E-state index is 13.8. The number of hydrogen-bond donors (Lipinski definition) is 1. The molecule has 0 aliphatic carbocycles. The highest BCUT2D eigenvalue weighted by Gasteiger charge is 2.10. The number of aromatic nitrogens is 1. The van der Waals surface area contributed by atoms with Crippen molar-refractivity contribution in [3.63, 3.8) is 0 Å². The van der Waals surface area contributed by atoms with Gasteiger partial charge in [0.25, 0.3) is 0 Å². The maximum absolute atomic E-state index is 13.8. The number of phenolic OH excluding ortho intramolecular Hbond substituents is 1. The lowest BCUT2D eigenvalue weighted by atomic mass is 10.1. The van der Waals surface area contributed by atoms with Crippen molar-refractivity contribution >= 4 is 10.9 Å². The molecule has 0 saturated heterocycles. The molecule has 1 aromatic heterocycles. The van der Waals surface area contributed by atoms with Crippen LogP contribution < -0.4 is 4.74 Å². The summed E-state index contributed by atoms with van der Waals surface area (Å²) in [5, 5.41) is 10.1. The molecule has 0 spiro atoms. The zero-order valence-corrected chi connectivity index (χ0v) is 11.7. The van der Waals surface area contributed by atoms with Gasteiger partial charge in [0.1, 0.15) is 11.5 Å². The van der Waals surface area contributed by atoms with Crippen LogP contribution in [0.4, 0.5) is 4.39 Å². The highest BCUT2D eigenvalue weighted by molar-refractivity contribution is 5.86. The highest BCUT2D eigenvalue weighted by atomic mass is 19.1. The molecule has 0 atom stereocenters. The Hall–Kier alpha value is -2.62. The van der Waals surface area contributed by atoms with Crippen LogP contribution in [0.3, 0.4) is 0 Å². The first-order valence-electron chi connectivity index (χ1n) is 6.57. The van der Waals surface area contributed by atoms with E-state index in [-0.39, 0.29) is 11.5 Å². The molecular weight excluding hydrogens is 269 g/mol. The van der Waals surface area contributed by atoms with E-state index in [1.54, 1.807) is 12.3 Å². The molecular formula is C17H14FNO2. The molecule has 0 unspecified atom stereocenters. The van der Waals surface area contributed by atoms with Crippen molar-refractivity contribution in [1.29, 1.82) is 0 Å². The highest BCUT2D eigenvalue weighted by Crippen LogP contribution is 2.32. The Morgan fingerprint density at radius 1 is 1.00 bits per heavy atom. The summed E-state index contributed by atoms with van der Waals surface area (Å²) in [6.07, 6.45) is 1.63. The van der Waals surface area contributed by atoms with Gasteiger partial charge in [0.15, 0.2) is 11.6 Å². The summed E-state index contributed by atoms with van der Waals surface area (Å²) in [4.78, 5) is 4.31. The summed E-state index contributed by atoms with van der Waals surface area (Å²) in [6, 6.07) is 9.46. The third-order valence-corrected chi connectivity index (χ3v) is 3.45. The van der Waals surface area contributed by atoms with Crippen LogP contribution >= 0.6 is 0 Å². The molecule has 0 amide bonds. The largest absolute Gasteiger partial charge is 0.508 e. The van der Waals surface area contributed by atoms with Crippen molar-refractivity contribution < 1.29 is 14.2 Å².